The van der Waals surface area contributed by atoms with Crippen LogP contribution in [0.3, 0.4) is 0 Å². The second kappa shape index (κ2) is 9.73. The Balaban J connectivity index is 2.13. The van der Waals surface area contributed by atoms with Crippen molar-refractivity contribution in [3.63, 3.8) is 0 Å². The summed E-state index contributed by atoms with van der Waals surface area (Å²) in [5.41, 5.74) is 0.125. The predicted molar refractivity (Wildman–Crippen MR) is 117 cm³/mol. The van der Waals surface area contributed by atoms with E-state index in [0.717, 1.165) is 12.0 Å². The summed E-state index contributed by atoms with van der Waals surface area (Å²) in [6.07, 6.45) is 0.809. The molecule has 0 N–H and O–H groups in total. The van der Waals surface area contributed by atoms with Crippen LogP contribution in [0.15, 0.2) is 30.3 Å². The van der Waals surface area contributed by atoms with Crippen LogP contribution < -0.4 is 0 Å². The Morgan fingerprint density at radius 2 is 1.86 bits per heavy atom. The van der Waals surface area contributed by atoms with Crippen molar-refractivity contribution < 1.29 is 23.4 Å². The summed E-state index contributed by atoms with van der Waals surface area (Å²) in [5, 5.41) is 0.0304. The van der Waals surface area contributed by atoms with Gasteiger partial charge in [0.15, 0.2) is 8.32 Å². The van der Waals surface area contributed by atoms with E-state index in [1.54, 1.807) is 0 Å². The van der Waals surface area contributed by atoms with Crippen molar-refractivity contribution in [2.45, 2.75) is 90.0 Å². The minimum absolute atomic E-state index is 0.0304. The highest BCUT2D eigenvalue weighted by Crippen LogP contribution is 2.48. The molecule has 0 aromatic heterocycles. The van der Waals surface area contributed by atoms with Gasteiger partial charge in [0, 0.05) is 6.61 Å². The topological polar surface area (TPSA) is 57.3 Å². The van der Waals surface area contributed by atoms with Gasteiger partial charge in [0.05, 0.1) is 19.3 Å². The fraction of sp³-hybridized carbons (Fsp3) is 0.696. The molecule has 1 aliphatic rings. The van der Waals surface area contributed by atoms with Gasteiger partial charge in [0.25, 0.3) is 0 Å². The van der Waals surface area contributed by atoms with Gasteiger partial charge in [-0.2, -0.15) is 0 Å². The van der Waals surface area contributed by atoms with E-state index in [0.29, 0.717) is 26.2 Å². The molecular weight excluding hydrogens is 384 g/mol. The molecule has 0 aliphatic carbocycles. The molecule has 3 atom stereocenters. The molecule has 1 aromatic carbocycles. The monoisotopic (exact) mass is 422 g/mol. The van der Waals surface area contributed by atoms with Crippen LogP contribution in [0.5, 0.6) is 0 Å². The van der Waals surface area contributed by atoms with Gasteiger partial charge in [0.2, 0.25) is 5.60 Å². The first-order valence-electron chi connectivity index (χ1n) is 10.7. The third-order valence-electron chi connectivity index (χ3n) is 6.08. The number of benzene rings is 1. The van der Waals surface area contributed by atoms with Crippen LogP contribution in [-0.2, 0) is 30.0 Å². The van der Waals surface area contributed by atoms with Crippen LogP contribution in [0.25, 0.3) is 0 Å². The number of hydrogen-bond donors (Lipinski definition) is 0. The van der Waals surface area contributed by atoms with Crippen molar-refractivity contribution in [3.8, 4) is 0 Å². The molecule has 2 rings (SSSR count). The van der Waals surface area contributed by atoms with Crippen LogP contribution in [0.1, 0.15) is 53.0 Å². The number of ether oxygens (including phenoxy) is 3. The van der Waals surface area contributed by atoms with Crippen LogP contribution >= 0.6 is 0 Å². The quantitative estimate of drug-likeness (QED) is 0.215. The Morgan fingerprint density at radius 3 is 2.38 bits per heavy atom. The SMILES string of the molecule is CCOC(=O)[C@@]1([C@@H](CCOCc2ccccc2)O[Si](C)(C)C(C)(C)C)O[C@@H]1CC. The number of esters is 1. The number of rotatable bonds is 11. The van der Waals surface area contributed by atoms with E-state index in [4.69, 9.17) is 18.6 Å². The van der Waals surface area contributed by atoms with Gasteiger partial charge in [-0.1, -0.05) is 58.0 Å². The van der Waals surface area contributed by atoms with Crippen molar-refractivity contribution in [2.75, 3.05) is 13.2 Å². The zero-order valence-electron chi connectivity index (χ0n) is 19.1. The fourth-order valence-electron chi connectivity index (χ4n) is 3.27. The molecule has 1 fully saturated rings. The zero-order valence-corrected chi connectivity index (χ0v) is 20.1. The molecule has 0 unspecified atom stereocenters. The Hall–Kier alpha value is -1.21. The molecule has 1 heterocycles. The molecule has 164 valence electrons. The summed E-state index contributed by atoms with van der Waals surface area (Å²) in [5.74, 6) is -0.307. The van der Waals surface area contributed by atoms with E-state index in [1.807, 2.05) is 44.2 Å². The molecule has 0 spiro atoms. The normalized spacial score (nSPS) is 22.9. The molecule has 0 bridgehead atoms. The maximum atomic E-state index is 12.9. The number of hydrogen-bond acceptors (Lipinski definition) is 5. The van der Waals surface area contributed by atoms with E-state index in [2.05, 4.69) is 33.9 Å². The summed E-state index contributed by atoms with van der Waals surface area (Å²) in [6, 6.07) is 10.1. The van der Waals surface area contributed by atoms with Gasteiger partial charge in [-0.15, -0.1) is 0 Å². The Labute approximate surface area is 177 Å². The average Bonchev–Trinajstić information content (AvgIpc) is 3.40. The molecule has 1 aliphatic heterocycles. The van der Waals surface area contributed by atoms with E-state index in [-0.39, 0.29) is 23.2 Å². The molecule has 0 radical (unpaired) electrons. The lowest BCUT2D eigenvalue weighted by molar-refractivity contribution is -0.154. The summed E-state index contributed by atoms with van der Waals surface area (Å²) in [7, 11) is -2.12. The summed E-state index contributed by atoms with van der Waals surface area (Å²) >= 11 is 0. The highest BCUT2D eigenvalue weighted by Gasteiger charge is 2.68. The van der Waals surface area contributed by atoms with Crippen molar-refractivity contribution in [1.29, 1.82) is 0 Å². The number of epoxide rings is 1. The largest absolute Gasteiger partial charge is 0.464 e. The van der Waals surface area contributed by atoms with Crippen LogP contribution in [0.4, 0.5) is 0 Å². The molecule has 0 amide bonds. The Kier molecular flexibility index (Phi) is 8.07. The van der Waals surface area contributed by atoms with Crippen LogP contribution in [0.2, 0.25) is 18.1 Å². The van der Waals surface area contributed by atoms with Crippen molar-refractivity contribution in [3.05, 3.63) is 35.9 Å². The maximum absolute atomic E-state index is 12.9. The molecular formula is C23H38O5Si. The molecule has 1 aromatic rings. The lowest BCUT2D eigenvalue weighted by Crippen LogP contribution is -2.52. The smallest absolute Gasteiger partial charge is 0.343 e. The van der Waals surface area contributed by atoms with Gasteiger partial charge in [0.1, 0.15) is 6.10 Å². The minimum Gasteiger partial charge on any atom is -0.464 e. The summed E-state index contributed by atoms with van der Waals surface area (Å²) in [6.45, 7) is 16.2. The first-order valence-corrected chi connectivity index (χ1v) is 13.6. The number of carbonyl (C=O) groups is 1. The fourth-order valence-corrected chi connectivity index (χ4v) is 4.63. The first kappa shape index (κ1) is 24.1. The van der Waals surface area contributed by atoms with Crippen LogP contribution in [-0.4, -0.2) is 45.3 Å². The molecule has 29 heavy (non-hydrogen) atoms. The average molecular weight is 423 g/mol. The molecule has 5 nitrogen and oxygen atoms in total. The maximum Gasteiger partial charge on any atom is 0.343 e. The second-order valence-electron chi connectivity index (χ2n) is 9.22. The van der Waals surface area contributed by atoms with Gasteiger partial charge in [-0.05, 0) is 43.5 Å². The Bertz CT molecular complexity index is 655. The summed E-state index contributed by atoms with van der Waals surface area (Å²) < 4.78 is 24.0. The summed E-state index contributed by atoms with van der Waals surface area (Å²) in [4.78, 5) is 12.9. The van der Waals surface area contributed by atoms with E-state index >= 15 is 0 Å². The second-order valence-corrected chi connectivity index (χ2v) is 14.0. The molecule has 6 heteroatoms. The highest BCUT2D eigenvalue weighted by atomic mass is 28.4. The molecule has 1 saturated heterocycles. The van der Waals surface area contributed by atoms with Crippen molar-refractivity contribution in [1.82, 2.24) is 0 Å². The van der Waals surface area contributed by atoms with Gasteiger partial charge < -0.3 is 18.6 Å². The predicted octanol–water partition coefficient (Wildman–Crippen LogP) is 5.09. The van der Waals surface area contributed by atoms with Gasteiger partial charge >= 0.3 is 5.97 Å². The van der Waals surface area contributed by atoms with Crippen molar-refractivity contribution in [2.24, 2.45) is 0 Å². The zero-order chi connectivity index (χ0) is 21.7. The van der Waals surface area contributed by atoms with Crippen molar-refractivity contribution >= 4 is 14.3 Å². The standard InChI is InChI=1S/C23H38O5Si/c1-8-19-23(27-19,21(24)26-9-2)20(28-29(6,7)22(3,4)5)15-16-25-17-18-13-11-10-12-14-18/h10-14,19-20H,8-9,15-17H2,1-7H3/t19-,20-,23-/m1/s1. The third-order valence-corrected chi connectivity index (χ3v) is 10.6. The first-order chi connectivity index (χ1) is 13.6. The third kappa shape index (κ3) is 5.69. The minimum atomic E-state index is -2.12. The van der Waals surface area contributed by atoms with Crippen LogP contribution in [0, 0.1) is 0 Å². The van der Waals surface area contributed by atoms with E-state index in [1.165, 1.54) is 0 Å². The van der Waals surface area contributed by atoms with E-state index < -0.39 is 13.9 Å². The van der Waals surface area contributed by atoms with Gasteiger partial charge in [-0.25, -0.2) is 4.79 Å². The Morgan fingerprint density at radius 1 is 1.21 bits per heavy atom. The molecule has 0 saturated carbocycles. The highest BCUT2D eigenvalue weighted by molar-refractivity contribution is 6.74. The lowest BCUT2D eigenvalue weighted by Gasteiger charge is -2.40. The van der Waals surface area contributed by atoms with Gasteiger partial charge in [-0.3, -0.25) is 0 Å². The lowest BCUT2D eigenvalue weighted by atomic mass is 9.94. The number of carbonyl (C=O) groups excluding carboxylic acids is 1. The van der Waals surface area contributed by atoms with E-state index in [9.17, 15) is 4.79 Å².